The Bertz CT molecular complexity index is 478. The van der Waals surface area contributed by atoms with E-state index in [0.29, 0.717) is 10.8 Å². The van der Waals surface area contributed by atoms with Crippen molar-refractivity contribution in [3.05, 3.63) is 22.4 Å². The summed E-state index contributed by atoms with van der Waals surface area (Å²) in [7, 11) is 2.21. The predicted molar refractivity (Wildman–Crippen MR) is 90.7 cm³/mol. The highest BCUT2D eigenvalue weighted by Crippen LogP contribution is 2.66. The first-order valence-corrected chi connectivity index (χ1v) is 9.68. The summed E-state index contributed by atoms with van der Waals surface area (Å²) in [5.41, 5.74) is 1.28. The minimum Gasteiger partial charge on any atom is -0.316 e. The van der Waals surface area contributed by atoms with Crippen LogP contribution in [0.5, 0.6) is 0 Å². The van der Waals surface area contributed by atoms with Crippen LogP contribution >= 0.6 is 11.3 Å². The van der Waals surface area contributed by atoms with E-state index in [9.17, 15) is 0 Å². The van der Waals surface area contributed by atoms with Gasteiger partial charge in [0.1, 0.15) is 0 Å². The molecule has 21 heavy (non-hydrogen) atoms. The van der Waals surface area contributed by atoms with Crippen LogP contribution in [0.1, 0.15) is 56.7 Å². The summed E-state index contributed by atoms with van der Waals surface area (Å²) in [6.45, 7) is 2.59. The van der Waals surface area contributed by atoms with Crippen molar-refractivity contribution in [2.45, 2.75) is 64.3 Å². The van der Waals surface area contributed by atoms with Crippen molar-refractivity contribution < 1.29 is 0 Å². The maximum Gasteiger partial charge on any atom is 0.0124 e. The van der Waals surface area contributed by atoms with Crippen LogP contribution in [0.2, 0.25) is 0 Å². The first kappa shape index (κ1) is 14.3. The molecule has 1 N–H and O–H groups in total. The second-order valence-corrected chi connectivity index (χ2v) is 9.63. The van der Waals surface area contributed by atoms with Crippen LogP contribution in [-0.2, 0) is 6.42 Å². The Hall–Kier alpha value is -0.340. The zero-order valence-electron chi connectivity index (χ0n) is 13.5. The molecule has 116 valence electrons. The van der Waals surface area contributed by atoms with Gasteiger partial charge >= 0.3 is 0 Å². The summed E-state index contributed by atoms with van der Waals surface area (Å²) in [6, 6.07) is 5.23. The Morgan fingerprint density at radius 2 is 2.05 bits per heavy atom. The molecule has 3 atom stereocenters. The van der Waals surface area contributed by atoms with Crippen molar-refractivity contribution in [2.24, 2.45) is 22.7 Å². The van der Waals surface area contributed by atoms with E-state index in [2.05, 4.69) is 36.8 Å². The molecular formula is C19H29NS. The van der Waals surface area contributed by atoms with Crippen LogP contribution in [0.25, 0.3) is 0 Å². The molecule has 1 heterocycles. The standard InChI is InChI=1S/C19H29NS/c1-18-9-14-8-15(10-18)12-19(11-14,13-18)17(20-2)6-5-16-4-3-7-21-16/h3-4,7,14-15,17,20H,5-6,8-13H2,1-2H3. The minimum atomic E-state index is 0.616. The third kappa shape index (κ3) is 2.49. The molecule has 0 radical (unpaired) electrons. The summed E-state index contributed by atoms with van der Waals surface area (Å²) in [4.78, 5) is 1.56. The van der Waals surface area contributed by atoms with Gasteiger partial charge in [0.05, 0.1) is 0 Å². The van der Waals surface area contributed by atoms with Crippen LogP contribution in [0, 0.1) is 22.7 Å². The molecule has 4 fully saturated rings. The lowest BCUT2D eigenvalue weighted by Crippen LogP contribution is -2.58. The summed E-state index contributed by atoms with van der Waals surface area (Å²) in [5, 5.41) is 5.96. The Morgan fingerprint density at radius 3 is 2.62 bits per heavy atom. The van der Waals surface area contributed by atoms with E-state index in [0.717, 1.165) is 17.9 Å². The van der Waals surface area contributed by atoms with E-state index in [4.69, 9.17) is 0 Å². The van der Waals surface area contributed by atoms with Gasteiger partial charge in [-0.05, 0) is 92.5 Å². The van der Waals surface area contributed by atoms with Crippen molar-refractivity contribution in [2.75, 3.05) is 7.05 Å². The SMILES string of the molecule is CNC(CCc1cccs1)C12CC3CC(CC(C)(C3)C1)C2. The number of rotatable bonds is 5. The lowest BCUT2D eigenvalue weighted by Gasteiger charge is -2.63. The third-order valence-electron chi connectivity index (χ3n) is 6.75. The Labute approximate surface area is 133 Å². The van der Waals surface area contributed by atoms with Gasteiger partial charge in [-0.2, -0.15) is 0 Å². The lowest BCUT2D eigenvalue weighted by atomic mass is 9.43. The molecule has 4 aliphatic carbocycles. The van der Waals surface area contributed by atoms with Crippen LogP contribution in [0.3, 0.4) is 0 Å². The number of thiophene rings is 1. The highest BCUT2D eigenvalue weighted by molar-refractivity contribution is 7.09. The average Bonchev–Trinajstić information content (AvgIpc) is 2.89. The van der Waals surface area contributed by atoms with E-state index in [-0.39, 0.29) is 0 Å². The quantitative estimate of drug-likeness (QED) is 0.818. The molecule has 5 rings (SSSR count). The molecule has 0 aliphatic heterocycles. The molecule has 4 bridgehead atoms. The topological polar surface area (TPSA) is 12.0 Å². The smallest absolute Gasteiger partial charge is 0.0124 e. The molecule has 0 spiro atoms. The Morgan fingerprint density at radius 1 is 1.29 bits per heavy atom. The van der Waals surface area contributed by atoms with Gasteiger partial charge in [0.15, 0.2) is 0 Å². The monoisotopic (exact) mass is 303 g/mol. The second-order valence-electron chi connectivity index (χ2n) is 8.59. The molecule has 4 aliphatic rings. The summed E-state index contributed by atoms with van der Waals surface area (Å²) >= 11 is 1.92. The van der Waals surface area contributed by atoms with Gasteiger partial charge < -0.3 is 5.32 Å². The summed E-state index contributed by atoms with van der Waals surface area (Å²) < 4.78 is 0. The van der Waals surface area contributed by atoms with Gasteiger partial charge in [0.25, 0.3) is 0 Å². The molecule has 0 aromatic carbocycles. The Kier molecular flexibility index (Phi) is 3.46. The van der Waals surface area contributed by atoms with E-state index in [1.807, 2.05) is 11.3 Å². The average molecular weight is 304 g/mol. The zero-order chi connectivity index (χ0) is 14.5. The third-order valence-corrected chi connectivity index (χ3v) is 7.68. The minimum absolute atomic E-state index is 0.616. The van der Waals surface area contributed by atoms with Crippen molar-refractivity contribution in [3.63, 3.8) is 0 Å². The largest absolute Gasteiger partial charge is 0.316 e. The van der Waals surface area contributed by atoms with E-state index < -0.39 is 0 Å². The normalized spacial score (nSPS) is 42.4. The van der Waals surface area contributed by atoms with E-state index >= 15 is 0 Å². The number of hydrogen-bond acceptors (Lipinski definition) is 2. The molecule has 1 nitrogen and oxygen atoms in total. The van der Waals surface area contributed by atoms with Crippen LogP contribution in [-0.4, -0.2) is 13.1 Å². The predicted octanol–water partition coefficient (Wildman–Crippen LogP) is 4.88. The molecule has 0 saturated heterocycles. The zero-order valence-corrected chi connectivity index (χ0v) is 14.3. The number of aryl methyl sites for hydroxylation is 1. The molecule has 3 unspecified atom stereocenters. The Balaban J connectivity index is 1.52. The van der Waals surface area contributed by atoms with E-state index in [1.165, 1.54) is 44.9 Å². The number of nitrogens with one attached hydrogen (secondary N) is 1. The van der Waals surface area contributed by atoms with Crippen LogP contribution < -0.4 is 5.32 Å². The molecule has 4 saturated carbocycles. The maximum atomic E-state index is 3.74. The maximum absolute atomic E-state index is 3.74. The summed E-state index contributed by atoms with van der Waals surface area (Å²) in [6.07, 6.45) is 11.7. The highest BCUT2D eigenvalue weighted by Gasteiger charge is 2.57. The molecule has 0 amide bonds. The van der Waals surface area contributed by atoms with Gasteiger partial charge in [-0.25, -0.2) is 0 Å². The van der Waals surface area contributed by atoms with Gasteiger partial charge in [0, 0.05) is 10.9 Å². The fraction of sp³-hybridized carbons (Fsp3) is 0.789. The van der Waals surface area contributed by atoms with Crippen LogP contribution in [0.4, 0.5) is 0 Å². The fourth-order valence-electron chi connectivity index (χ4n) is 6.70. The van der Waals surface area contributed by atoms with Gasteiger partial charge in [-0.15, -0.1) is 11.3 Å². The highest BCUT2D eigenvalue weighted by atomic mass is 32.1. The second kappa shape index (κ2) is 5.09. The molecule has 1 aromatic heterocycles. The summed E-state index contributed by atoms with van der Waals surface area (Å²) in [5.74, 6) is 2.07. The van der Waals surface area contributed by atoms with Gasteiger partial charge in [0.2, 0.25) is 0 Å². The van der Waals surface area contributed by atoms with Crippen molar-refractivity contribution in [1.82, 2.24) is 5.32 Å². The lowest BCUT2D eigenvalue weighted by molar-refractivity contribution is -0.118. The van der Waals surface area contributed by atoms with Crippen LogP contribution in [0.15, 0.2) is 17.5 Å². The first-order chi connectivity index (χ1) is 10.1. The first-order valence-electron chi connectivity index (χ1n) is 8.81. The fourth-order valence-corrected chi connectivity index (χ4v) is 7.43. The van der Waals surface area contributed by atoms with Crippen molar-refractivity contribution in [3.8, 4) is 0 Å². The van der Waals surface area contributed by atoms with Gasteiger partial charge in [-0.3, -0.25) is 0 Å². The van der Waals surface area contributed by atoms with E-state index in [1.54, 1.807) is 11.3 Å². The van der Waals surface area contributed by atoms with Gasteiger partial charge in [-0.1, -0.05) is 13.0 Å². The number of hydrogen-bond donors (Lipinski definition) is 1. The molecular weight excluding hydrogens is 274 g/mol. The molecule has 2 heteroatoms. The van der Waals surface area contributed by atoms with Crippen molar-refractivity contribution in [1.29, 1.82) is 0 Å². The van der Waals surface area contributed by atoms with Crippen molar-refractivity contribution >= 4 is 11.3 Å². The molecule has 1 aromatic rings.